The molecule has 3 nitrogen and oxygen atoms in total. The van der Waals surface area contributed by atoms with Crippen molar-refractivity contribution in [3.8, 4) is 5.75 Å². The van der Waals surface area contributed by atoms with E-state index in [0.29, 0.717) is 24.2 Å². The lowest BCUT2D eigenvalue weighted by atomic mass is 10.1. The predicted octanol–water partition coefficient (Wildman–Crippen LogP) is 5.26. The molecule has 0 unspecified atom stereocenters. The molecule has 136 valence electrons. The van der Waals surface area contributed by atoms with Crippen LogP contribution in [0.1, 0.15) is 27.0 Å². The molecule has 0 spiro atoms. The summed E-state index contributed by atoms with van der Waals surface area (Å²) in [5.74, 6) is -0.0514. The predicted molar refractivity (Wildman–Crippen MR) is 108 cm³/mol. The Morgan fingerprint density at radius 3 is 2.41 bits per heavy atom. The molecule has 0 aliphatic heterocycles. The second-order valence-corrected chi connectivity index (χ2v) is 6.19. The quantitative estimate of drug-likeness (QED) is 0.597. The van der Waals surface area contributed by atoms with E-state index < -0.39 is 5.97 Å². The summed E-state index contributed by atoms with van der Waals surface area (Å²) in [6.45, 7) is 0.618. The fraction of sp³-hybridized carbons (Fsp3) is 0.125. The molecule has 3 aromatic carbocycles. The normalized spacial score (nSPS) is 10.8. The van der Waals surface area contributed by atoms with E-state index >= 15 is 0 Å². The monoisotopic (exact) mass is 358 g/mol. The minimum atomic E-state index is -0.917. The van der Waals surface area contributed by atoms with Gasteiger partial charge in [0.2, 0.25) is 0 Å². The fourth-order valence-electron chi connectivity index (χ4n) is 2.89. The van der Waals surface area contributed by atoms with Crippen molar-refractivity contribution in [2.24, 2.45) is 0 Å². The largest absolute Gasteiger partial charge is 0.493 e. The zero-order valence-electron chi connectivity index (χ0n) is 15.0. The molecule has 0 saturated carbocycles. The molecule has 3 aromatic rings. The smallest absolute Gasteiger partial charge is 0.336 e. The average molecular weight is 358 g/mol. The van der Waals surface area contributed by atoms with Gasteiger partial charge in [-0.2, -0.15) is 0 Å². The number of ether oxygens (including phenoxy) is 1. The maximum Gasteiger partial charge on any atom is 0.336 e. The topological polar surface area (TPSA) is 46.5 Å². The Morgan fingerprint density at radius 2 is 1.59 bits per heavy atom. The minimum Gasteiger partial charge on any atom is -0.493 e. The number of allylic oxidation sites excluding steroid dienone is 1. The number of carboxylic acid groups (broad SMARTS) is 1. The van der Waals surface area contributed by atoms with Gasteiger partial charge in [-0.15, -0.1) is 0 Å². The van der Waals surface area contributed by atoms with Gasteiger partial charge in [-0.1, -0.05) is 78.9 Å². The van der Waals surface area contributed by atoms with E-state index in [0.717, 1.165) is 17.7 Å². The summed E-state index contributed by atoms with van der Waals surface area (Å²) in [6.07, 6.45) is 5.36. The third-order valence-electron chi connectivity index (χ3n) is 4.29. The van der Waals surface area contributed by atoms with Gasteiger partial charge in [0.25, 0.3) is 0 Å². The molecule has 3 heteroatoms. The van der Waals surface area contributed by atoms with Gasteiger partial charge in [0.15, 0.2) is 0 Å². The van der Waals surface area contributed by atoms with Crippen molar-refractivity contribution in [2.45, 2.75) is 12.8 Å². The number of hydrogen-bond acceptors (Lipinski definition) is 2. The molecular formula is C24H22O3. The number of para-hydroxylation sites is 1. The molecule has 0 aromatic heterocycles. The van der Waals surface area contributed by atoms with E-state index in [-0.39, 0.29) is 0 Å². The highest BCUT2D eigenvalue weighted by atomic mass is 16.5. The zero-order chi connectivity index (χ0) is 18.9. The minimum absolute atomic E-state index is 0.307. The first-order chi connectivity index (χ1) is 13.2. The first kappa shape index (κ1) is 18.5. The summed E-state index contributed by atoms with van der Waals surface area (Å²) in [7, 11) is 0. The SMILES string of the molecule is O=C(O)c1ccccc1C=CCc1ccccc1OCCc1ccccc1. The molecule has 0 heterocycles. The first-order valence-corrected chi connectivity index (χ1v) is 8.97. The molecule has 3 rings (SSSR count). The average Bonchev–Trinajstić information content (AvgIpc) is 2.70. The molecule has 0 saturated heterocycles. The Kier molecular flexibility index (Phi) is 6.42. The van der Waals surface area contributed by atoms with Crippen LogP contribution in [0.2, 0.25) is 0 Å². The van der Waals surface area contributed by atoms with E-state index in [2.05, 4.69) is 12.1 Å². The van der Waals surface area contributed by atoms with Crippen LogP contribution >= 0.6 is 0 Å². The molecule has 0 bridgehead atoms. The molecule has 0 aliphatic carbocycles. The van der Waals surface area contributed by atoms with Crippen LogP contribution in [0.5, 0.6) is 5.75 Å². The number of rotatable bonds is 8. The van der Waals surface area contributed by atoms with Crippen LogP contribution in [0.4, 0.5) is 0 Å². The van der Waals surface area contributed by atoms with E-state index in [1.54, 1.807) is 12.1 Å². The van der Waals surface area contributed by atoms with Crippen LogP contribution in [0.25, 0.3) is 6.08 Å². The molecule has 0 fully saturated rings. The van der Waals surface area contributed by atoms with Crippen LogP contribution < -0.4 is 4.74 Å². The highest BCUT2D eigenvalue weighted by molar-refractivity contribution is 5.92. The van der Waals surface area contributed by atoms with Gasteiger partial charge < -0.3 is 9.84 Å². The lowest BCUT2D eigenvalue weighted by Crippen LogP contribution is -2.03. The molecule has 1 N–H and O–H groups in total. The first-order valence-electron chi connectivity index (χ1n) is 8.97. The Balaban J connectivity index is 1.63. The van der Waals surface area contributed by atoms with E-state index in [4.69, 9.17) is 4.74 Å². The van der Waals surface area contributed by atoms with Gasteiger partial charge in [-0.25, -0.2) is 4.79 Å². The lowest BCUT2D eigenvalue weighted by Gasteiger charge is -2.10. The Hall–Kier alpha value is -3.33. The summed E-state index contributed by atoms with van der Waals surface area (Å²) < 4.78 is 5.98. The Labute approximate surface area is 159 Å². The van der Waals surface area contributed by atoms with Crippen molar-refractivity contribution in [3.05, 3.63) is 107 Å². The van der Waals surface area contributed by atoms with Gasteiger partial charge in [0.1, 0.15) is 5.75 Å². The Bertz CT molecular complexity index is 914. The van der Waals surface area contributed by atoms with Crippen molar-refractivity contribution in [3.63, 3.8) is 0 Å². The molecule has 27 heavy (non-hydrogen) atoms. The maximum atomic E-state index is 11.3. The lowest BCUT2D eigenvalue weighted by molar-refractivity contribution is 0.0696. The maximum absolute atomic E-state index is 11.3. The van der Waals surface area contributed by atoms with Gasteiger partial charge >= 0.3 is 5.97 Å². The van der Waals surface area contributed by atoms with E-state index in [1.165, 1.54) is 5.56 Å². The van der Waals surface area contributed by atoms with Crippen molar-refractivity contribution >= 4 is 12.0 Å². The number of benzene rings is 3. The number of hydrogen-bond donors (Lipinski definition) is 1. The van der Waals surface area contributed by atoms with Gasteiger partial charge in [-0.05, 0) is 35.2 Å². The van der Waals surface area contributed by atoms with Crippen LogP contribution in [-0.4, -0.2) is 17.7 Å². The molecule has 0 amide bonds. The van der Waals surface area contributed by atoms with Crippen molar-refractivity contribution in [1.29, 1.82) is 0 Å². The second-order valence-electron chi connectivity index (χ2n) is 6.19. The van der Waals surface area contributed by atoms with E-state index in [1.807, 2.05) is 66.7 Å². The highest BCUT2D eigenvalue weighted by Crippen LogP contribution is 2.20. The standard InChI is InChI=1S/C24H22O3/c25-24(26)22-15-6-4-11-20(22)13-8-14-21-12-5-7-16-23(21)27-18-17-19-9-2-1-3-10-19/h1-13,15-16H,14,17-18H2,(H,25,26). The van der Waals surface area contributed by atoms with Crippen molar-refractivity contribution in [2.75, 3.05) is 6.61 Å². The summed E-state index contributed by atoms with van der Waals surface area (Å²) in [4.78, 5) is 11.3. The summed E-state index contributed by atoms with van der Waals surface area (Å²) in [6, 6.07) is 25.2. The van der Waals surface area contributed by atoms with Crippen LogP contribution in [0, 0.1) is 0 Å². The highest BCUT2D eigenvalue weighted by Gasteiger charge is 2.06. The Morgan fingerprint density at radius 1 is 0.889 bits per heavy atom. The van der Waals surface area contributed by atoms with Crippen molar-refractivity contribution < 1.29 is 14.6 Å². The summed E-state index contributed by atoms with van der Waals surface area (Å²) >= 11 is 0. The third kappa shape index (κ3) is 5.32. The fourth-order valence-corrected chi connectivity index (χ4v) is 2.89. The molecular weight excluding hydrogens is 336 g/mol. The molecule has 0 aliphatic rings. The van der Waals surface area contributed by atoms with Gasteiger partial charge in [0.05, 0.1) is 12.2 Å². The molecule has 0 radical (unpaired) electrons. The number of aromatic carboxylic acids is 1. The summed E-state index contributed by atoms with van der Waals surface area (Å²) in [5.41, 5.74) is 3.34. The van der Waals surface area contributed by atoms with Crippen LogP contribution in [0.15, 0.2) is 84.9 Å². The zero-order valence-corrected chi connectivity index (χ0v) is 15.0. The third-order valence-corrected chi connectivity index (χ3v) is 4.29. The van der Waals surface area contributed by atoms with Crippen molar-refractivity contribution in [1.82, 2.24) is 0 Å². The van der Waals surface area contributed by atoms with Gasteiger partial charge in [-0.3, -0.25) is 0 Å². The number of carbonyl (C=O) groups is 1. The van der Waals surface area contributed by atoms with Crippen LogP contribution in [-0.2, 0) is 12.8 Å². The van der Waals surface area contributed by atoms with Gasteiger partial charge in [0, 0.05) is 6.42 Å². The second kappa shape index (κ2) is 9.39. The number of carboxylic acids is 1. The summed E-state index contributed by atoms with van der Waals surface area (Å²) in [5, 5.41) is 9.26. The van der Waals surface area contributed by atoms with E-state index in [9.17, 15) is 9.90 Å². The molecule has 0 atom stereocenters. The van der Waals surface area contributed by atoms with Crippen LogP contribution in [0.3, 0.4) is 0 Å².